The highest BCUT2D eigenvalue weighted by molar-refractivity contribution is 5.93. The highest BCUT2D eigenvalue weighted by Gasteiger charge is 2.31. The second-order valence-electron chi connectivity index (χ2n) is 7.94. The number of anilines is 1. The van der Waals surface area contributed by atoms with Crippen molar-refractivity contribution in [1.29, 1.82) is 0 Å². The normalized spacial score (nSPS) is 15.6. The molecule has 0 aliphatic carbocycles. The summed E-state index contributed by atoms with van der Waals surface area (Å²) in [5.74, 6) is 0. The van der Waals surface area contributed by atoms with E-state index in [4.69, 9.17) is 0 Å². The molecule has 0 saturated carbocycles. The SMILES string of the molecule is Cn1cc(-c2ncccc2NC(=O)N2CCc3ccccc3C(C)(C)C2)cn1. The molecule has 144 valence electrons. The zero-order valence-corrected chi connectivity index (χ0v) is 16.5. The van der Waals surface area contributed by atoms with E-state index in [1.54, 1.807) is 17.1 Å². The molecule has 2 amide bonds. The van der Waals surface area contributed by atoms with Crippen molar-refractivity contribution in [2.24, 2.45) is 7.05 Å². The topological polar surface area (TPSA) is 63.1 Å². The van der Waals surface area contributed by atoms with Crippen molar-refractivity contribution in [3.63, 3.8) is 0 Å². The standard InChI is InChI=1S/C22H25N5O/c1-22(2)15-27(12-10-16-7-4-5-8-18(16)22)21(28)25-19-9-6-11-23-20(19)17-13-24-26(3)14-17/h4-9,11,13-14H,10,12,15H2,1-3H3,(H,25,28). The maximum absolute atomic E-state index is 13.1. The lowest BCUT2D eigenvalue weighted by Gasteiger charge is -2.31. The quantitative estimate of drug-likeness (QED) is 0.740. The zero-order valence-electron chi connectivity index (χ0n) is 16.5. The van der Waals surface area contributed by atoms with Crippen LogP contribution < -0.4 is 5.32 Å². The fraction of sp³-hybridized carbons (Fsp3) is 0.318. The lowest BCUT2D eigenvalue weighted by atomic mass is 9.82. The number of hydrogen-bond donors (Lipinski definition) is 1. The Morgan fingerprint density at radius 1 is 1.18 bits per heavy atom. The van der Waals surface area contributed by atoms with Crippen LogP contribution in [0.5, 0.6) is 0 Å². The monoisotopic (exact) mass is 375 g/mol. The van der Waals surface area contributed by atoms with Gasteiger partial charge in [0.15, 0.2) is 0 Å². The second-order valence-corrected chi connectivity index (χ2v) is 7.94. The molecule has 6 heteroatoms. The van der Waals surface area contributed by atoms with Crippen LogP contribution in [0.3, 0.4) is 0 Å². The summed E-state index contributed by atoms with van der Waals surface area (Å²) in [6.07, 6.45) is 6.23. The number of aromatic nitrogens is 3. The summed E-state index contributed by atoms with van der Waals surface area (Å²) in [6.45, 7) is 5.75. The molecule has 1 N–H and O–H groups in total. The maximum atomic E-state index is 13.1. The lowest BCUT2D eigenvalue weighted by molar-refractivity contribution is 0.202. The van der Waals surface area contributed by atoms with E-state index < -0.39 is 0 Å². The molecule has 0 bridgehead atoms. The average molecular weight is 375 g/mol. The number of pyridine rings is 1. The number of fused-ring (bicyclic) bond motifs is 1. The number of urea groups is 1. The summed E-state index contributed by atoms with van der Waals surface area (Å²) < 4.78 is 1.73. The van der Waals surface area contributed by atoms with E-state index in [9.17, 15) is 4.79 Å². The fourth-order valence-corrected chi connectivity index (χ4v) is 3.94. The minimum atomic E-state index is -0.106. The molecule has 1 aromatic carbocycles. The Morgan fingerprint density at radius 2 is 2.00 bits per heavy atom. The Balaban J connectivity index is 1.57. The molecule has 0 saturated heterocycles. The molecule has 0 atom stereocenters. The number of nitrogens with zero attached hydrogens (tertiary/aromatic N) is 4. The third-order valence-electron chi connectivity index (χ3n) is 5.30. The Hall–Kier alpha value is -3.15. The van der Waals surface area contributed by atoms with Crippen molar-refractivity contribution in [2.75, 3.05) is 18.4 Å². The van der Waals surface area contributed by atoms with E-state index in [1.807, 2.05) is 30.3 Å². The van der Waals surface area contributed by atoms with Gasteiger partial charge >= 0.3 is 6.03 Å². The number of nitrogens with one attached hydrogen (secondary N) is 1. The first-order valence-corrected chi connectivity index (χ1v) is 9.52. The van der Waals surface area contributed by atoms with E-state index in [1.165, 1.54) is 11.1 Å². The summed E-state index contributed by atoms with van der Waals surface area (Å²) >= 11 is 0. The van der Waals surface area contributed by atoms with Crippen LogP contribution >= 0.6 is 0 Å². The molecule has 6 nitrogen and oxygen atoms in total. The van der Waals surface area contributed by atoms with E-state index in [0.717, 1.165) is 17.7 Å². The van der Waals surface area contributed by atoms with Gasteiger partial charge in [0.05, 0.1) is 17.6 Å². The minimum absolute atomic E-state index is 0.0981. The Labute approximate surface area is 165 Å². The Morgan fingerprint density at radius 3 is 2.79 bits per heavy atom. The molecular weight excluding hydrogens is 350 g/mol. The number of hydrogen-bond acceptors (Lipinski definition) is 3. The largest absolute Gasteiger partial charge is 0.323 e. The van der Waals surface area contributed by atoms with E-state index in [2.05, 4.69) is 53.5 Å². The van der Waals surface area contributed by atoms with E-state index in [0.29, 0.717) is 18.8 Å². The smallest absolute Gasteiger partial charge is 0.321 e. The van der Waals surface area contributed by atoms with Gasteiger partial charge in [-0.05, 0) is 29.7 Å². The van der Waals surface area contributed by atoms with Gasteiger partial charge in [-0.15, -0.1) is 0 Å². The first-order chi connectivity index (χ1) is 13.4. The lowest BCUT2D eigenvalue weighted by Crippen LogP contribution is -2.42. The average Bonchev–Trinajstić information content (AvgIpc) is 3.05. The molecule has 28 heavy (non-hydrogen) atoms. The van der Waals surface area contributed by atoms with Crippen molar-refractivity contribution in [3.8, 4) is 11.3 Å². The van der Waals surface area contributed by atoms with E-state index >= 15 is 0 Å². The molecule has 0 radical (unpaired) electrons. The fourth-order valence-electron chi connectivity index (χ4n) is 3.94. The summed E-state index contributed by atoms with van der Waals surface area (Å²) in [5.41, 5.74) is 4.83. The van der Waals surface area contributed by atoms with Gasteiger partial charge in [-0.25, -0.2) is 4.79 Å². The number of benzene rings is 1. The first kappa shape index (κ1) is 18.2. The van der Waals surface area contributed by atoms with Crippen LogP contribution in [-0.4, -0.2) is 38.8 Å². The van der Waals surface area contributed by atoms with Crippen molar-refractivity contribution in [1.82, 2.24) is 19.7 Å². The van der Waals surface area contributed by atoms with Gasteiger partial charge in [-0.3, -0.25) is 9.67 Å². The molecule has 0 unspecified atom stereocenters. The van der Waals surface area contributed by atoms with Gasteiger partial charge in [0.1, 0.15) is 0 Å². The first-order valence-electron chi connectivity index (χ1n) is 9.52. The molecule has 2 aromatic heterocycles. The molecule has 1 aliphatic heterocycles. The van der Waals surface area contributed by atoms with Gasteiger partial charge in [-0.1, -0.05) is 38.1 Å². The van der Waals surface area contributed by atoms with Crippen molar-refractivity contribution in [2.45, 2.75) is 25.7 Å². The van der Waals surface area contributed by atoms with Crippen LogP contribution in [0.15, 0.2) is 55.0 Å². The molecule has 0 spiro atoms. The molecule has 3 aromatic rings. The molecule has 0 fully saturated rings. The van der Waals surface area contributed by atoms with Crippen LogP contribution in [0.1, 0.15) is 25.0 Å². The number of carbonyl (C=O) groups is 1. The third kappa shape index (κ3) is 3.50. The third-order valence-corrected chi connectivity index (χ3v) is 5.30. The summed E-state index contributed by atoms with van der Waals surface area (Å²) in [7, 11) is 1.86. The number of aryl methyl sites for hydroxylation is 1. The van der Waals surface area contributed by atoms with Crippen molar-refractivity contribution in [3.05, 3.63) is 66.1 Å². The summed E-state index contributed by atoms with van der Waals surface area (Å²) in [4.78, 5) is 19.5. The predicted molar refractivity (Wildman–Crippen MR) is 110 cm³/mol. The summed E-state index contributed by atoms with van der Waals surface area (Å²) in [5, 5.41) is 7.28. The molecule has 4 rings (SSSR count). The van der Waals surface area contributed by atoms with Gasteiger partial charge in [0.25, 0.3) is 0 Å². The highest BCUT2D eigenvalue weighted by atomic mass is 16.2. The Kier molecular flexibility index (Phi) is 4.63. The van der Waals surface area contributed by atoms with E-state index in [-0.39, 0.29) is 11.4 Å². The molecular formula is C22H25N5O. The Bertz CT molecular complexity index is 1010. The van der Waals surface area contributed by atoms with Crippen LogP contribution in [0.4, 0.5) is 10.5 Å². The maximum Gasteiger partial charge on any atom is 0.321 e. The highest BCUT2D eigenvalue weighted by Crippen LogP contribution is 2.31. The number of rotatable bonds is 2. The zero-order chi connectivity index (χ0) is 19.7. The number of carbonyl (C=O) groups excluding carboxylic acids is 1. The van der Waals surface area contributed by atoms with Crippen molar-refractivity contribution >= 4 is 11.7 Å². The van der Waals surface area contributed by atoms with Gasteiger partial charge in [0, 0.05) is 43.5 Å². The van der Waals surface area contributed by atoms with Crippen LogP contribution in [-0.2, 0) is 18.9 Å². The second kappa shape index (κ2) is 7.11. The van der Waals surface area contributed by atoms with Crippen LogP contribution in [0.25, 0.3) is 11.3 Å². The molecule has 1 aliphatic rings. The van der Waals surface area contributed by atoms with Crippen LogP contribution in [0.2, 0.25) is 0 Å². The minimum Gasteiger partial charge on any atom is -0.323 e. The summed E-state index contributed by atoms with van der Waals surface area (Å²) in [6, 6.07) is 12.1. The number of amides is 2. The van der Waals surface area contributed by atoms with Crippen molar-refractivity contribution < 1.29 is 4.79 Å². The van der Waals surface area contributed by atoms with Crippen LogP contribution in [0, 0.1) is 0 Å². The van der Waals surface area contributed by atoms with Gasteiger partial charge in [-0.2, -0.15) is 5.10 Å². The molecule has 3 heterocycles. The van der Waals surface area contributed by atoms with Gasteiger partial charge in [0.2, 0.25) is 0 Å². The van der Waals surface area contributed by atoms with Gasteiger partial charge < -0.3 is 10.2 Å². The predicted octanol–water partition coefficient (Wildman–Crippen LogP) is 3.85.